The first-order valence-electron chi connectivity index (χ1n) is 7.19. The number of nitrogens with one attached hydrogen (secondary N) is 2. The quantitative estimate of drug-likeness (QED) is 0.816. The van der Waals surface area contributed by atoms with E-state index in [9.17, 15) is 14.0 Å². The number of fused-ring (bicyclic) bond motifs is 1. The number of nitrogens with zero attached hydrogens (tertiary/aromatic N) is 1. The summed E-state index contributed by atoms with van der Waals surface area (Å²) in [6.45, 7) is 3.87. The van der Waals surface area contributed by atoms with Gasteiger partial charge in [0.05, 0.1) is 5.56 Å². The molecule has 2 aliphatic rings. The second-order valence-electron chi connectivity index (χ2n) is 5.64. The van der Waals surface area contributed by atoms with E-state index in [0.717, 1.165) is 12.1 Å². The van der Waals surface area contributed by atoms with Gasteiger partial charge in [0.25, 0.3) is 5.91 Å². The van der Waals surface area contributed by atoms with Crippen LogP contribution in [0.2, 0.25) is 0 Å². The summed E-state index contributed by atoms with van der Waals surface area (Å²) in [7, 11) is 0. The molecular formula is C15H18FN3O2. The van der Waals surface area contributed by atoms with Crippen LogP contribution in [0.5, 0.6) is 0 Å². The smallest absolute Gasteiger partial charge is 0.256 e. The van der Waals surface area contributed by atoms with Gasteiger partial charge in [-0.2, -0.15) is 0 Å². The molecule has 0 radical (unpaired) electrons. The largest absolute Gasteiger partial charge is 0.336 e. The molecule has 0 aromatic heterocycles. The molecule has 5 nitrogen and oxygen atoms in total. The van der Waals surface area contributed by atoms with Crippen LogP contribution in [0.3, 0.4) is 0 Å². The maximum Gasteiger partial charge on any atom is 0.256 e. The topological polar surface area (TPSA) is 61.4 Å². The molecule has 112 valence electrons. The van der Waals surface area contributed by atoms with Gasteiger partial charge in [-0.1, -0.05) is 0 Å². The summed E-state index contributed by atoms with van der Waals surface area (Å²) in [5.74, 6) is -0.968. The number of anilines is 1. The molecule has 1 fully saturated rings. The Bertz CT molecular complexity index is 603. The summed E-state index contributed by atoms with van der Waals surface area (Å²) < 4.78 is 14.2. The van der Waals surface area contributed by atoms with Crippen molar-refractivity contribution < 1.29 is 14.0 Å². The number of hydrogen-bond donors (Lipinski definition) is 2. The number of benzene rings is 1. The summed E-state index contributed by atoms with van der Waals surface area (Å²) in [6.07, 6.45) is 0.913. The van der Waals surface area contributed by atoms with Crippen molar-refractivity contribution in [3.05, 3.63) is 29.1 Å². The van der Waals surface area contributed by atoms with Gasteiger partial charge in [0, 0.05) is 37.8 Å². The van der Waals surface area contributed by atoms with E-state index in [1.54, 1.807) is 11.0 Å². The van der Waals surface area contributed by atoms with Gasteiger partial charge in [-0.05, 0) is 31.0 Å². The molecule has 0 bridgehead atoms. The maximum absolute atomic E-state index is 14.2. The first kappa shape index (κ1) is 14.0. The van der Waals surface area contributed by atoms with Crippen LogP contribution in [0, 0.1) is 5.82 Å². The van der Waals surface area contributed by atoms with Crippen molar-refractivity contribution in [1.29, 1.82) is 0 Å². The maximum atomic E-state index is 14.2. The van der Waals surface area contributed by atoms with Gasteiger partial charge < -0.3 is 15.5 Å². The number of rotatable bonds is 1. The minimum atomic E-state index is -0.577. The van der Waals surface area contributed by atoms with Gasteiger partial charge >= 0.3 is 0 Å². The van der Waals surface area contributed by atoms with Crippen LogP contribution < -0.4 is 10.6 Å². The molecule has 2 amide bonds. The molecular weight excluding hydrogens is 273 g/mol. The van der Waals surface area contributed by atoms with Gasteiger partial charge in [-0.3, -0.25) is 9.59 Å². The highest BCUT2D eigenvalue weighted by molar-refractivity contribution is 5.98. The van der Waals surface area contributed by atoms with Crippen LogP contribution in [0.25, 0.3) is 0 Å². The summed E-state index contributed by atoms with van der Waals surface area (Å²) in [5.41, 5.74) is 1.40. The minimum absolute atomic E-state index is 0.0963. The van der Waals surface area contributed by atoms with E-state index in [2.05, 4.69) is 10.6 Å². The van der Waals surface area contributed by atoms with Crippen LogP contribution in [0.4, 0.5) is 10.1 Å². The number of carbonyl (C=O) groups excluding carboxylic acids is 2. The van der Waals surface area contributed by atoms with Crippen molar-refractivity contribution in [2.45, 2.75) is 25.8 Å². The summed E-state index contributed by atoms with van der Waals surface area (Å²) in [4.78, 5) is 25.5. The number of amides is 2. The van der Waals surface area contributed by atoms with Crippen molar-refractivity contribution in [2.75, 3.05) is 25.0 Å². The normalized spacial score (nSPS) is 21.7. The highest BCUT2D eigenvalue weighted by Gasteiger charge is 2.26. The van der Waals surface area contributed by atoms with Crippen molar-refractivity contribution in [1.82, 2.24) is 10.2 Å². The molecule has 2 aliphatic heterocycles. The molecule has 0 aliphatic carbocycles. The zero-order valence-corrected chi connectivity index (χ0v) is 11.9. The standard InChI is InChI=1S/C15H18FN3O2/c1-9-8-19(5-4-17-9)15(21)11-6-10-2-3-14(20)18-13(10)7-12(11)16/h6-7,9,17H,2-5,8H2,1H3,(H,18,20)/t9-/m1/s1. The molecule has 2 heterocycles. The summed E-state index contributed by atoms with van der Waals surface area (Å²) >= 11 is 0. The minimum Gasteiger partial charge on any atom is -0.336 e. The molecule has 0 spiro atoms. The molecule has 0 saturated carbocycles. The number of halogens is 1. The van der Waals surface area contributed by atoms with E-state index >= 15 is 0 Å². The average Bonchev–Trinajstić information content (AvgIpc) is 2.45. The molecule has 2 N–H and O–H groups in total. The second kappa shape index (κ2) is 5.44. The van der Waals surface area contributed by atoms with Crippen LogP contribution in [0.15, 0.2) is 12.1 Å². The molecule has 1 atom stereocenters. The molecule has 0 unspecified atom stereocenters. The fourth-order valence-corrected chi connectivity index (χ4v) is 2.85. The number of carbonyl (C=O) groups is 2. The average molecular weight is 291 g/mol. The first-order valence-corrected chi connectivity index (χ1v) is 7.19. The zero-order chi connectivity index (χ0) is 15.0. The van der Waals surface area contributed by atoms with Gasteiger partial charge in [-0.25, -0.2) is 4.39 Å². The SMILES string of the molecule is C[C@@H]1CN(C(=O)c2cc3c(cc2F)NC(=O)CC3)CCN1. The van der Waals surface area contributed by atoms with E-state index in [-0.39, 0.29) is 23.4 Å². The molecule has 1 aromatic carbocycles. The third kappa shape index (κ3) is 2.76. The van der Waals surface area contributed by atoms with Gasteiger partial charge in [0.2, 0.25) is 5.91 Å². The Morgan fingerprint density at radius 2 is 2.19 bits per heavy atom. The van der Waals surface area contributed by atoms with Crippen LogP contribution in [0.1, 0.15) is 29.3 Å². The zero-order valence-electron chi connectivity index (χ0n) is 11.9. The van der Waals surface area contributed by atoms with Gasteiger partial charge in [-0.15, -0.1) is 0 Å². The Hall–Kier alpha value is -1.95. The predicted molar refractivity (Wildman–Crippen MR) is 76.7 cm³/mol. The highest BCUT2D eigenvalue weighted by Crippen LogP contribution is 2.26. The van der Waals surface area contributed by atoms with Crippen molar-refractivity contribution in [2.24, 2.45) is 0 Å². The summed E-state index contributed by atoms with van der Waals surface area (Å²) in [5, 5.41) is 5.89. The highest BCUT2D eigenvalue weighted by atomic mass is 19.1. The third-order valence-corrected chi connectivity index (χ3v) is 3.97. The van der Waals surface area contributed by atoms with Crippen molar-refractivity contribution >= 4 is 17.5 Å². The molecule has 6 heteroatoms. The Morgan fingerprint density at radius 3 is 2.95 bits per heavy atom. The van der Waals surface area contributed by atoms with Crippen LogP contribution >= 0.6 is 0 Å². The molecule has 3 rings (SSSR count). The Labute approximate surface area is 122 Å². The Morgan fingerprint density at radius 1 is 1.38 bits per heavy atom. The molecule has 1 saturated heterocycles. The van der Waals surface area contributed by atoms with Gasteiger partial charge in [0.15, 0.2) is 0 Å². The Kier molecular flexibility index (Phi) is 3.63. The van der Waals surface area contributed by atoms with E-state index in [4.69, 9.17) is 0 Å². The van der Waals surface area contributed by atoms with E-state index in [1.807, 2.05) is 6.92 Å². The number of piperazine rings is 1. The van der Waals surface area contributed by atoms with Crippen LogP contribution in [-0.4, -0.2) is 42.4 Å². The lowest BCUT2D eigenvalue weighted by Gasteiger charge is -2.32. The predicted octanol–water partition coefficient (Wildman–Crippen LogP) is 1.14. The molecule has 21 heavy (non-hydrogen) atoms. The molecule has 1 aromatic rings. The Balaban J connectivity index is 1.88. The monoisotopic (exact) mass is 291 g/mol. The van der Waals surface area contributed by atoms with E-state index < -0.39 is 5.82 Å². The first-order chi connectivity index (χ1) is 10.0. The van der Waals surface area contributed by atoms with Crippen molar-refractivity contribution in [3.63, 3.8) is 0 Å². The van der Waals surface area contributed by atoms with E-state index in [0.29, 0.717) is 31.6 Å². The fourth-order valence-electron chi connectivity index (χ4n) is 2.85. The third-order valence-electron chi connectivity index (χ3n) is 3.97. The number of aryl methyl sites for hydroxylation is 1. The second-order valence-corrected chi connectivity index (χ2v) is 5.64. The summed E-state index contributed by atoms with van der Waals surface area (Å²) in [6, 6.07) is 3.05. The van der Waals surface area contributed by atoms with Crippen molar-refractivity contribution in [3.8, 4) is 0 Å². The fraction of sp³-hybridized carbons (Fsp3) is 0.467. The lowest BCUT2D eigenvalue weighted by atomic mass is 9.99. The lowest BCUT2D eigenvalue weighted by Crippen LogP contribution is -2.51. The van der Waals surface area contributed by atoms with Gasteiger partial charge in [0.1, 0.15) is 5.82 Å². The lowest BCUT2D eigenvalue weighted by molar-refractivity contribution is -0.116. The number of hydrogen-bond acceptors (Lipinski definition) is 3. The van der Waals surface area contributed by atoms with Crippen LogP contribution in [-0.2, 0) is 11.2 Å². The van der Waals surface area contributed by atoms with E-state index in [1.165, 1.54) is 6.07 Å².